The second kappa shape index (κ2) is 7.96. The fourth-order valence-electron chi connectivity index (χ4n) is 2.89. The molecule has 2 saturated heterocycles. The van der Waals surface area contributed by atoms with Gasteiger partial charge in [0.1, 0.15) is 6.10 Å². The standard InChI is InChI=1S/C15H29N3O2/c1-3-17-10-11-20-14(12-17)15(19)16-6-9-18-7-4-13(2)5-8-18/h13-14H,3-12H2,1-2H3,(H,16,19)/t14-/m1/s1. The molecular weight excluding hydrogens is 254 g/mol. The predicted octanol–water partition coefficient (Wildman–Crippen LogP) is 0.555. The van der Waals surface area contributed by atoms with Crippen molar-refractivity contribution in [2.45, 2.75) is 32.8 Å². The van der Waals surface area contributed by atoms with E-state index in [9.17, 15) is 4.79 Å². The van der Waals surface area contributed by atoms with Crippen LogP contribution in [0, 0.1) is 5.92 Å². The molecule has 0 saturated carbocycles. The summed E-state index contributed by atoms with van der Waals surface area (Å²) in [5.41, 5.74) is 0. The molecule has 2 aliphatic heterocycles. The van der Waals surface area contributed by atoms with E-state index in [0.29, 0.717) is 6.61 Å². The summed E-state index contributed by atoms with van der Waals surface area (Å²) in [5, 5.41) is 3.02. The molecule has 0 unspecified atom stereocenters. The van der Waals surface area contributed by atoms with E-state index in [1.54, 1.807) is 0 Å². The molecule has 1 atom stereocenters. The number of carbonyl (C=O) groups excluding carboxylic acids is 1. The highest BCUT2D eigenvalue weighted by atomic mass is 16.5. The lowest BCUT2D eigenvalue weighted by Gasteiger charge is -2.32. The molecule has 1 amide bonds. The minimum atomic E-state index is -0.287. The van der Waals surface area contributed by atoms with Crippen LogP contribution in [-0.4, -0.2) is 74.2 Å². The fraction of sp³-hybridized carbons (Fsp3) is 0.933. The molecule has 0 radical (unpaired) electrons. The zero-order valence-corrected chi connectivity index (χ0v) is 12.9. The van der Waals surface area contributed by atoms with Crippen molar-refractivity contribution in [2.24, 2.45) is 5.92 Å². The second-order valence-corrected chi connectivity index (χ2v) is 6.07. The Bertz CT molecular complexity index is 303. The fourth-order valence-corrected chi connectivity index (χ4v) is 2.89. The van der Waals surface area contributed by atoms with Gasteiger partial charge in [0.25, 0.3) is 5.91 Å². The molecule has 0 spiro atoms. The number of nitrogens with zero attached hydrogens (tertiary/aromatic N) is 2. The molecule has 20 heavy (non-hydrogen) atoms. The maximum atomic E-state index is 12.1. The molecule has 2 rings (SSSR count). The normalized spacial score (nSPS) is 26.6. The molecule has 5 heteroatoms. The number of nitrogens with one attached hydrogen (secondary N) is 1. The molecule has 0 bridgehead atoms. The lowest BCUT2D eigenvalue weighted by atomic mass is 9.99. The van der Waals surface area contributed by atoms with Crippen molar-refractivity contribution >= 4 is 5.91 Å². The summed E-state index contributed by atoms with van der Waals surface area (Å²) in [6, 6.07) is 0. The Balaban J connectivity index is 1.62. The molecule has 5 nitrogen and oxygen atoms in total. The average molecular weight is 283 g/mol. The third-order valence-electron chi connectivity index (χ3n) is 4.49. The van der Waals surface area contributed by atoms with Gasteiger partial charge in [-0.25, -0.2) is 0 Å². The van der Waals surface area contributed by atoms with Crippen LogP contribution in [0.5, 0.6) is 0 Å². The van der Waals surface area contributed by atoms with Crippen LogP contribution in [0.1, 0.15) is 26.7 Å². The van der Waals surface area contributed by atoms with Gasteiger partial charge in [-0.1, -0.05) is 13.8 Å². The zero-order valence-electron chi connectivity index (χ0n) is 12.9. The number of carbonyl (C=O) groups is 1. The first-order chi connectivity index (χ1) is 9.69. The van der Waals surface area contributed by atoms with E-state index in [2.05, 4.69) is 29.0 Å². The van der Waals surface area contributed by atoms with Crippen LogP contribution in [-0.2, 0) is 9.53 Å². The topological polar surface area (TPSA) is 44.8 Å². The predicted molar refractivity (Wildman–Crippen MR) is 79.7 cm³/mol. The highest BCUT2D eigenvalue weighted by Crippen LogP contribution is 2.15. The number of likely N-dealkylation sites (tertiary alicyclic amines) is 1. The number of hydrogen-bond acceptors (Lipinski definition) is 4. The molecule has 0 aromatic rings. The lowest BCUT2D eigenvalue weighted by Crippen LogP contribution is -2.50. The van der Waals surface area contributed by atoms with Gasteiger partial charge in [0, 0.05) is 26.2 Å². The highest BCUT2D eigenvalue weighted by molar-refractivity contribution is 5.81. The van der Waals surface area contributed by atoms with Gasteiger partial charge >= 0.3 is 0 Å². The Morgan fingerprint density at radius 3 is 2.70 bits per heavy atom. The summed E-state index contributed by atoms with van der Waals surface area (Å²) in [5.74, 6) is 0.907. The van der Waals surface area contributed by atoms with Crippen LogP contribution < -0.4 is 5.32 Å². The smallest absolute Gasteiger partial charge is 0.250 e. The first-order valence-electron chi connectivity index (χ1n) is 8.03. The van der Waals surface area contributed by atoms with Gasteiger partial charge in [-0.3, -0.25) is 9.69 Å². The molecule has 1 N–H and O–H groups in total. The average Bonchev–Trinajstić information content (AvgIpc) is 2.49. The maximum absolute atomic E-state index is 12.1. The number of rotatable bonds is 5. The van der Waals surface area contributed by atoms with Crippen molar-refractivity contribution in [3.63, 3.8) is 0 Å². The number of piperidine rings is 1. The Kier molecular flexibility index (Phi) is 6.26. The Labute approximate surface area is 122 Å². The third-order valence-corrected chi connectivity index (χ3v) is 4.49. The number of morpholine rings is 1. The van der Waals surface area contributed by atoms with Gasteiger partial charge in [-0.15, -0.1) is 0 Å². The SMILES string of the molecule is CCN1CCO[C@@H](C(=O)NCCN2CCC(C)CC2)C1. The monoisotopic (exact) mass is 283 g/mol. The third kappa shape index (κ3) is 4.72. The maximum Gasteiger partial charge on any atom is 0.250 e. The van der Waals surface area contributed by atoms with Crippen molar-refractivity contribution in [3.05, 3.63) is 0 Å². The van der Waals surface area contributed by atoms with E-state index < -0.39 is 0 Å². The van der Waals surface area contributed by atoms with Crippen molar-refractivity contribution < 1.29 is 9.53 Å². The van der Waals surface area contributed by atoms with Crippen LogP contribution >= 0.6 is 0 Å². The largest absolute Gasteiger partial charge is 0.366 e. The van der Waals surface area contributed by atoms with Gasteiger partial charge < -0.3 is 15.0 Å². The molecule has 2 heterocycles. The van der Waals surface area contributed by atoms with Gasteiger partial charge in [-0.05, 0) is 38.4 Å². The van der Waals surface area contributed by atoms with Crippen molar-refractivity contribution in [1.82, 2.24) is 15.1 Å². The minimum absolute atomic E-state index is 0.0496. The summed E-state index contributed by atoms with van der Waals surface area (Å²) in [7, 11) is 0. The molecule has 0 aromatic carbocycles. The van der Waals surface area contributed by atoms with Gasteiger partial charge in [0.05, 0.1) is 6.61 Å². The summed E-state index contributed by atoms with van der Waals surface area (Å²) in [6.07, 6.45) is 2.28. The van der Waals surface area contributed by atoms with Gasteiger partial charge in [0.2, 0.25) is 0 Å². The lowest BCUT2D eigenvalue weighted by molar-refractivity contribution is -0.138. The van der Waals surface area contributed by atoms with E-state index in [0.717, 1.165) is 38.6 Å². The Hall–Kier alpha value is -0.650. The van der Waals surface area contributed by atoms with Crippen molar-refractivity contribution in [3.8, 4) is 0 Å². The Morgan fingerprint density at radius 1 is 1.25 bits per heavy atom. The summed E-state index contributed by atoms with van der Waals surface area (Å²) in [4.78, 5) is 16.8. The highest BCUT2D eigenvalue weighted by Gasteiger charge is 2.25. The number of amides is 1. The van der Waals surface area contributed by atoms with E-state index >= 15 is 0 Å². The van der Waals surface area contributed by atoms with Crippen LogP contribution in [0.15, 0.2) is 0 Å². The summed E-state index contributed by atoms with van der Waals surface area (Å²) < 4.78 is 5.56. The molecule has 2 aliphatic rings. The van der Waals surface area contributed by atoms with Crippen molar-refractivity contribution in [1.29, 1.82) is 0 Å². The number of likely N-dealkylation sites (N-methyl/N-ethyl adjacent to an activating group) is 1. The van der Waals surface area contributed by atoms with Crippen molar-refractivity contribution in [2.75, 3.05) is 52.4 Å². The molecular formula is C15H29N3O2. The molecule has 0 aromatic heterocycles. The zero-order chi connectivity index (χ0) is 14.4. The first-order valence-corrected chi connectivity index (χ1v) is 8.03. The molecule has 0 aliphatic carbocycles. The van der Waals surface area contributed by atoms with E-state index in [4.69, 9.17) is 4.74 Å². The van der Waals surface area contributed by atoms with Gasteiger partial charge in [-0.2, -0.15) is 0 Å². The summed E-state index contributed by atoms with van der Waals surface area (Å²) in [6.45, 7) is 11.8. The number of ether oxygens (including phenoxy) is 1. The molecule has 116 valence electrons. The minimum Gasteiger partial charge on any atom is -0.366 e. The molecule has 2 fully saturated rings. The van der Waals surface area contributed by atoms with Crippen LogP contribution in [0.2, 0.25) is 0 Å². The van der Waals surface area contributed by atoms with Crippen LogP contribution in [0.4, 0.5) is 0 Å². The van der Waals surface area contributed by atoms with Gasteiger partial charge in [0.15, 0.2) is 0 Å². The van der Waals surface area contributed by atoms with E-state index in [1.165, 1.54) is 25.9 Å². The first kappa shape index (κ1) is 15.7. The quantitative estimate of drug-likeness (QED) is 0.800. The Morgan fingerprint density at radius 2 is 2.00 bits per heavy atom. The second-order valence-electron chi connectivity index (χ2n) is 6.07. The van der Waals surface area contributed by atoms with E-state index in [-0.39, 0.29) is 12.0 Å². The van der Waals surface area contributed by atoms with E-state index in [1.807, 2.05) is 0 Å². The van der Waals surface area contributed by atoms with Crippen LogP contribution in [0.25, 0.3) is 0 Å². The van der Waals surface area contributed by atoms with Crippen LogP contribution in [0.3, 0.4) is 0 Å². The number of hydrogen-bond donors (Lipinski definition) is 1. The summed E-state index contributed by atoms with van der Waals surface area (Å²) >= 11 is 0.